The van der Waals surface area contributed by atoms with Crippen molar-refractivity contribution in [3.8, 4) is 0 Å². The van der Waals surface area contributed by atoms with Gasteiger partial charge in [0.25, 0.3) is 0 Å². The fourth-order valence-electron chi connectivity index (χ4n) is 2.15. The number of ether oxygens (including phenoxy) is 1. The third-order valence-corrected chi connectivity index (χ3v) is 6.53. The highest BCUT2D eigenvalue weighted by molar-refractivity contribution is 8.02. The number of amides is 1. The van der Waals surface area contributed by atoms with E-state index in [4.69, 9.17) is 0 Å². The van der Waals surface area contributed by atoms with Crippen LogP contribution in [0.1, 0.15) is 16.8 Å². The van der Waals surface area contributed by atoms with Gasteiger partial charge in [0.2, 0.25) is 5.91 Å². The summed E-state index contributed by atoms with van der Waals surface area (Å²) in [6, 6.07) is 6.58. The zero-order chi connectivity index (χ0) is 16.2. The summed E-state index contributed by atoms with van der Waals surface area (Å²) in [6.07, 6.45) is 0.582. The highest BCUT2D eigenvalue weighted by Gasteiger charge is 2.28. The highest BCUT2D eigenvalue weighted by Crippen LogP contribution is 2.24. The molecule has 1 saturated heterocycles. The molecule has 0 spiro atoms. The normalized spacial score (nSPS) is 19.6. The molecule has 0 saturated carbocycles. The summed E-state index contributed by atoms with van der Waals surface area (Å²) in [4.78, 5) is 23.6. The number of para-hydroxylation sites is 1. The molecule has 1 aliphatic rings. The molecule has 1 heterocycles. The lowest BCUT2D eigenvalue weighted by molar-refractivity contribution is -0.113. The molecule has 1 aliphatic heterocycles. The number of anilines is 1. The molecule has 0 unspecified atom stereocenters. The Hall–Kier alpha value is -1.54. The number of thioether (sulfide) groups is 1. The Kier molecular flexibility index (Phi) is 5.47. The van der Waals surface area contributed by atoms with Crippen LogP contribution in [0.5, 0.6) is 0 Å². The van der Waals surface area contributed by atoms with E-state index in [1.54, 1.807) is 24.3 Å². The number of hydrogen-bond donors (Lipinski definition) is 1. The summed E-state index contributed by atoms with van der Waals surface area (Å²) in [5.41, 5.74) is 0.672. The van der Waals surface area contributed by atoms with Gasteiger partial charge in [0, 0.05) is 5.25 Å². The van der Waals surface area contributed by atoms with Crippen LogP contribution in [0.25, 0.3) is 0 Å². The average Bonchev–Trinajstić information content (AvgIpc) is 2.84. The van der Waals surface area contributed by atoms with E-state index in [1.807, 2.05) is 0 Å². The summed E-state index contributed by atoms with van der Waals surface area (Å²) in [6.45, 7) is 0. The Labute approximate surface area is 133 Å². The maximum absolute atomic E-state index is 12.0. The van der Waals surface area contributed by atoms with Gasteiger partial charge in [-0.15, -0.1) is 11.8 Å². The van der Waals surface area contributed by atoms with E-state index >= 15 is 0 Å². The van der Waals surface area contributed by atoms with Crippen LogP contribution in [0.15, 0.2) is 24.3 Å². The van der Waals surface area contributed by atoms with Crippen molar-refractivity contribution in [2.45, 2.75) is 11.7 Å². The number of sulfone groups is 1. The molecule has 0 aromatic heterocycles. The third-order valence-electron chi connectivity index (χ3n) is 3.25. The number of rotatable bonds is 5. The van der Waals surface area contributed by atoms with Crippen LogP contribution in [0.3, 0.4) is 0 Å². The van der Waals surface area contributed by atoms with Crippen molar-refractivity contribution in [1.82, 2.24) is 0 Å². The molecule has 0 bridgehead atoms. The van der Waals surface area contributed by atoms with Crippen molar-refractivity contribution in [1.29, 1.82) is 0 Å². The van der Waals surface area contributed by atoms with Gasteiger partial charge in [0.1, 0.15) is 0 Å². The van der Waals surface area contributed by atoms with E-state index in [9.17, 15) is 18.0 Å². The maximum atomic E-state index is 12.0. The Bertz CT molecular complexity index is 672. The molecule has 1 aromatic carbocycles. The van der Waals surface area contributed by atoms with Gasteiger partial charge in [-0.1, -0.05) is 12.1 Å². The van der Waals surface area contributed by atoms with E-state index in [0.29, 0.717) is 12.1 Å². The average molecular weight is 343 g/mol. The van der Waals surface area contributed by atoms with Crippen molar-refractivity contribution in [2.75, 3.05) is 29.7 Å². The van der Waals surface area contributed by atoms with E-state index in [1.165, 1.54) is 18.9 Å². The molecule has 1 fully saturated rings. The van der Waals surface area contributed by atoms with E-state index in [0.717, 1.165) is 0 Å². The van der Waals surface area contributed by atoms with Crippen LogP contribution >= 0.6 is 11.8 Å². The summed E-state index contributed by atoms with van der Waals surface area (Å²) in [7, 11) is -1.66. The first-order valence-corrected chi connectivity index (χ1v) is 9.57. The van der Waals surface area contributed by atoms with Gasteiger partial charge in [0.15, 0.2) is 9.84 Å². The van der Waals surface area contributed by atoms with E-state index in [2.05, 4.69) is 10.1 Å². The molecule has 1 aromatic rings. The summed E-state index contributed by atoms with van der Waals surface area (Å²) < 4.78 is 27.4. The SMILES string of the molecule is COC(=O)c1ccccc1NC(=O)CS[C@H]1CCS(=O)(=O)C1. The van der Waals surface area contributed by atoms with Crippen molar-refractivity contribution >= 4 is 39.2 Å². The second-order valence-corrected chi connectivity index (χ2v) is 8.44. The lowest BCUT2D eigenvalue weighted by Gasteiger charge is -2.11. The van der Waals surface area contributed by atoms with E-state index in [-0.39, 0.29) is 34.0 Å². The predicted octanol–water partition coefficient (Wildman–Crippen LogP) is 1.33. The summed E-state index contributed by atoms with van der Waals surface area (Å²) >= 11 is 1.33. The van der Waals surface area contributed by atoms with Crippen molar-refractivity contribution in [2.24, 2.45) is 0 Å². The molecule has 120 valence electrons. The van der Waals surface area contributed by atoms with Crippen molar-refractivity contribution < 1.29 is 22.7 Å². The first kappa shape index (κ1) is 16.8. The smallest absolute Gasteiger partial charge is 0.339 e. The number of methoxy groups -OCH3 is 1. The second-order valence-electron chi connectivity index (χ2n) is 4.92. The molecule has 22 heavy (non-hydrogen) atoms. The molecule has 0 aliphatic carbocycles. The van der Waals surface area contributed by atoms with E-state index < -0.39 is 15.8 Å². The molecule has 1 atom stereocenters. The third kappa shape index (κ3) is 4.48. The largest absolute Gasteiger partial charge is 0.465 e. The van der Waals surface area contributed by atoms with Crippen LogP contribution in [0.2, 0.25) is 0 Å². The van der Waals surface area contributed by atoms with Gasteiger partial charge in [-0.3, -0.25) is 4.79 Å². The predicted molar refractivity (Wildman–Crippen MR) is 85.9 cm³/mol. The quantitative estimate of drug-likeness (QED) is 0.811. The maximum Gasteiger partial charge on any atom is 0.339 e. The fourth-order valence-corrected chi connectivity index (χ4v) is 5.60. The fraction of sp³-hybridized carbons (Fsp3) is 0.429. The standard InChI is InChI=1S/C14H17NO5S2/c1-20-14(17)11-4-2-3-5-12(11)15-13(16)8-21-10-6-7-22(18,19)9-10/h2-5,10H,6-9H2,1H3,(H,15,16)/t10-/m0/s1. The molecule has 0 radical (unpaired) electrons. The van der Waals surface area contributed by atoms with Gasteiger partial charge in [-0.2, -0.15) is 0 Å². The first-order chi connectivity index (χ1) is 10.4. The zero-order valence-electron chi connectivity index (χ0n) is 12.1. The first-order valence-electron chi connectivity index (χ1n) is 6.70. The second kappa shape index (κ2) is 7.15. The van der Waals surface area contributed by atoms with Crippen LogP contribution in [0, 0.1) is 0 Å². The molecule has 1 N–H and O–H groups in total. The highest BCUT2D eigenvalue weighted by atomic mass is 32.2. The number of carbonyl (C=O) groups is 2. The number of nitrogens with one attached hydrogen (secondary N) is 1. The number of benzene rings is 1. The minimum absolute atomic E-state index is 0.0356. The van der Waals surface area contributed by atoms with Crippen molar-refractivity contribution in [3.63, 3.8) is 0 Å². The zero-order valence-corrected chi connectivity index (χ0v) is 13.7. The molecule has 8 heteroatoms. The monoisotopic (exact) mass is 343 g/mol. The lowest BCUT2D eigenvalue weighted by atomic mass is 10.2. The Morgan fingerprint density at radius 1 is 1.36 bits per heavy atom. The molecule has 1 amide bonds. The summed E-state index contributed by atoms with van der Waals surface area (Å²) in [5.74, 6) is -0.326. The minimum atomic E-state index is -2.94. The van der Waals surface area contributed by atoms with Crippen LogP contribution in [0.4, 0.5) is 5.69 Å². The molecule has 6 nitrogen and oxygen atoms in total. The topological polar surface area (TPSA) is 89.5 Å². The number of hydrogen-bond acceptors (Lipinski definition) is 6. The van der Waals surface area contributed by atoms with Gasteiger partial charge in [0.05, 0.1) is 35.6 Å². The van der Waals surface area contributed by atoms with Crippen LogP contribution < -0.4 is 5.32 Å². The van der Waals surface area contributed by atoms with Gasteiger partial charge >= 0.3 is 5.97 Å². The van der Waals surface area contributed by atoms with Crippen LogP contribution in [-0.2, 0) is 19.4 Å². The van der Waals surface area contributed by atoms with Gasteiger partial charge < -0.3 is 10.1 Å². The van der Waals surface area contributed by atoms with Crippen LogP contribution in [-0.4, -0.2) is 49.9 Å². The molecular weight excluding hydrogens is 326 g/mol. The van der Waals surface area contributed by atoms with Gasteiger partial charge in [-0.25, -0.2) is 13.2 Å². The van der Waals surface area contributed by atoms with Crippen molar-refractivity contribution in [3.05, 3.63) is 29.8 Å². The van der Waals surface area contributed by atoms with Gasteiger partial charge in [-0.05, 0) is 18.6 Å². The molecule has 2 rings (SSSR count). The Morgan fingerprint density at radius 3 is 2.73 bits per heavy atom. The summed E-state index contributed by atoms with van der Waals surface area (Å²) in [5, 5.41) is 2.62. The molecular formula is C14H17NO5S2. The minimum Gasteiger partial charge on any atom is -0.465 e. The number of carbonyl (C=O) groups excluding carboxylic acids is 2. The Balaban J connectivity index is 1.91. The Morgan fingerprint density at radius 2 is 2.09 bits per heavy atom. The lowest BCUT2D eigenvalue weighted by Crippen LogP contribution is -2.19. The number of esters is 1.